The number of halogens is 2. The average Bonchev–Trinajstić information content (AvgIpc) is 2.56. The van der Waals surface area contributed by atoms with Gasteiger partial charge in [-0.1, -0.05) is 12.1 Å². The SMILES string of the molecule is C[C@@H]1CCC(=O)N1Cc1cccc(F)c1F. The summed E-state index contributed by atoms with van der Waals surface area (Å²) in [5, 5.41) is 0. The van der Waals surface area contributed by atoms with Crippen LogP contribution in [0.5, 0.6) is 0 Å². The van der Waals surface area contributed by atoms with Crippen LogP contribution in [0.3, 0.4) is 0 Å². The Balaban J connectivity index is 2.20. The van der Waals surface area contributed by atoms with Gasteiger partial charge in [0.25, 0.3) is 0 Å². The third-order valence-electron chi connectivity index (χ3n) is 3.00. The number of amides is 1. The molecule has 16 heavy (non-hydrogen) atoms. The van der Waals surface area contributed by atoms with E-state index < -0.39 is 11.6 Å². The second kappa shape index (κ2) is 4.20. The predicted molar refractivity (Wildman–Crippen MR) is 55.6 cm³/mol. The van der Waals surface area contributed by atoms with Crippen molar-refractivity contribution in [3.05, 3.63) is 35.4 Å². The molecule has 0 unspecified atom stereocenters. The number of rotatable bonds is 2. The maximum Gasteiger partial charge on any atom is 0.223 e. The first-order chi connectivity index (χ1) is 7.59. The summed E-state index contributed by atoms with van der Waals surface area (Å²) < 4.78 is 26.4. The van der Waals surface area contributed by atoms with Crippen LogP contribution in [0.15, 0.2) is 18.2 Å². The van der Waals surface area contributed by atoms with Crippen LogP contribution in [-0.2, 0) is 11.3 Å². The van der Waals surface area contributed by atoms with E-state index in [2.05, 4.69) is 0 Å². The second-order valence-electron chi connectivity index (χ2n) is 4.12. The summed E-state index contributed by atoms with van der Waals surface area (Å²) in [6.45, 7) is 2.08. The molecule has 1 saturated heterocycles. The van der Waals surface area contributed by atoms with E-state index in [4.69, 9.17) is 0 Å². The molecule has 1 fully saturated rings. The zero-order valence-corrected chi connectivity index (χ0v) is 9.04. The first-order valence-corrected chi connectivity index (χ1v) is 5.32. The molecule has 1 aliphatic heterocycles. The fourth-order valence-corrected chi connectivity index (χ4v) is 1.98. The van der Waals surface area contributed by atoms with Crippen LogP contribution < -0.4 is 0 Å². The van der Waals surface area contributed by atoms with Crippen molar-refractivity contribution in [2.75, 3.05) is 0 Å². The molecule has 4 heteroatoms. The van der Waals surface area contributed by atoms with Crippen molar-refractivity contribution in [2.24, 2.45) is 0 Å². The summed E-state index contributed by atoms with van der Waals surface area (Å²) in [7, 11) is 0. The number of carbonyl (C=O) groups is 1. The lowest BCUT2D eigenvalue weighted by Gasteiger charge is -2.21. The molecule has 1 atom stereocenters. The molecule has 1 amide bonds. The molecule has 1 aromatic rings. The Morgan fingerprint density at radius 2 is 2.19 bits per heavy atom. The van der Waals surface area contributed by atoms with Crippen molar-refractivity contribution < 1.29 is 13.6 Å². The Labute approximate surface area is 92.9 Å². The molecule has 0 aliphatic carbocycles. The summed E-state index contributed by atoms with van der Waals surface area (Å²) in [4.78, 5) is 13.1. The zero-order chi connectivity index (χ0) is 11.7. The van der Waals surface area contributed by atoms with Gasteiger partial charge in [0.2, 0.25) is 5.91 Å². The van der Waals surface area contributed by atoms with Crippen LogP contribution in [0.2, 0.25) is 0 Å². The average molecular weight is 225 g/mol. The first kappa shape index (κ1) is 11.0. The molecule has 0 aromatic heterocycles. The Hall–Kier alpha value is -1.45. The van der Waals surface area contributed by atoms with Gasteiger partial charge in [-0.2, -0.15) is 0 Å². The smallest absolute Gasteiger partial charge is 0.223 e. The predicted octanol–water partition coefficient (Wildman–Crippen LogP) is 2.48. The fourth-order valence-electron chi connectivity index (χ4n) is 1.98. The maximum absolute atomic E-state index is 13.4. The highest BCUT2D eigenvalue weighted by atomic mass is 19.2. The van der Waals surface area contributed by atoms with Crippen molar-refractivity contribution >= 4 is 5.91 Å². The number of hydrogen-bond donors (Lipinski definition) is 0. The second-order valence-corrected chi connectivity index (χ2v) is 4.12. The van der Waals surface area contributed by atoms with E-state index in [0.29, 0.717) is 6.42 Å². The van der Waals surface area contributed by atoms with Crippen LogP contribution in [0.1, 0.15) is 25.3 Å². The number of nitrogens with zero attached hydrogens (tertiary/aromatic N) is 1. The van der Waals surface area contributed by atoms with E-state index in [-0.39, 0.29) is 24.1 Å². The van der Waals surface area contributed by atoms with E-state index in [1.807, 2.05) is 6.92 Å². The monoisotopic (exact) mass is 225 g/mol. The van der Waals surface area contributed by atoms with E-state index in [0.717, 1.165) is 12.5 Å². The van der Waals surface area contributed by atoms with Gasteiger partial charge in [0.05, 0.1) is 0 Å². The van der Waals surface area contributed by atoms with Gasteiger partial charge in [-0.3, -0.25) is 4.79 Å². The molecular weight excluding hydrogens is 212 g/mol. The minimum absolute atomic E-state index is 0.0103. The van der Waals surface area contributed by atoms with E-state index in [1.54, 1.807) is 4.90 Å². The van der Waals surface area contributed by atoms with Crippen molar-refractivity contribution in [1.29, 1.82) is 0 Å². The van der Waals surface area contributed by atoms with Crippen LogP contribution >= 0.6 is 0 Å². The summed E-state index contributed by atoms with van der Waals surface area (Å²) in [5.41, 5.74) is 0.238. The Kier molecular flexibility index (Phi) is 2.90. The molecule has 2 rings (SSSR count). The number of hydrogen-bond acceptors (Lipinski definition) is 1. The van der Waals surface area contributed by atoms with Crippen molar-refractivity contribution in [3.63, 3.8) is 0 Å². The highest BCUT2D eigenvalue weighted by molar-refractivity contribution is 5.78. The lowest BCUT2D eigenvalue weighted by Crippen LogP contribution is -2.30. The minimum atomic E-state index is -0.864. The van der Waals surface area contributed by atoms with E-state index >= 15 is 0 Å². The molecule has 0 saturated carbocycles. The van der Waals surface area contributed by atoms with Gasteiger partial charge < -0.3 is 4.90 Å². The standard InChI is InChI=1S/C12H13F2NO/c1-8-5-6-11(16)15(8)7-9-3-2-4-10(13)12(9)14/h2-4,8H,5-7H2,1H3/t8-/m1/s1. The van der Waals surface area contributed by atoms with Gasteiger partial charge in [0.15, 0.2) is 11.6 Å². The Morgan fingerprint density at radius 1 is 1.44 bits per heavy atom. The highest BCUT2D eigenvalue weighted by Crippen LogP contribution is 2.22. The van der Waals surface area contributed by atoms with Crippen molar-refractivity contribution in [1.82, 2.24) is 4.90 Å². The van der Waals surface area contributed by atoms with Gasteiger partial charge in [0.1, 0.15) is 0 Å². The van der Waals surface area contributed by atoms with Crippen LogP contribution in [-0.4, -0.2) is 16.8 Å². The van der Waals surface area contributed by atoms with E-state index in [9.17, 15) is 13.6 Å². The van der Waals surface area contributed by atoms with Crippen molar-refractivity contribution in [3.8, 4) is 0 Å². The molecular formula is C12H13F2NO. The Morgan fingerprint density at radius 3 is 2.81 bits per heavy atom. The molecule has 0 N–H and O–H groups in total. The van der Waals surface area contributed by atoms with Gasteiger partial charge >= 0.3 is 0 Å². The molecule has 1 heterocycles. The number of carbonyl (C=O) groups excluding carboxylic acids is 1. The summed E-state index contributed by atoms with van der Waals surface area (Å²) in [5.74, 6) is -1.71. The fraction of sp³-hybridized carbons (Fsp3) is 0.417. The summed E-state index contributed by atoms with van der Waals surface area (Å²) >= 11 is 0. The maximum atomic E-state index is 13.4. The topological polar surface area (TPSA) is 20.3 Å². The molecule has 1 aliphatic rings. The zero-order valence-electron chi connectivity index (χ0n) is 9.04. The van der Waals surface area contributed by atoms with Gasteiger partial charge in [-0.25, -0.2) is 8.78 Å². The quantitative estimate of drug-likeness (QED) is 0.757. The molecule has 86 valence electrons. The lowest BCUT2D eigenvalue weighted by atomic mass is 10.2. The molecule has 2 nitrogen and oxygen atoms in total. The lowest BCUT2D eigenvalue weighted by molar-refractivity contribution is -0.129. The van der Waals surface area contributed by atoms with Crippen LogP contribution in [0.4, 0.5) is 8.78 Å². The van der Waals surface area contributed by atoms with Crippen molar-refractivity contribution in [2.45, 2.75) is 32.4 Å². The Bertz CT molecular complexity index is 419. The highest BCUT2D eigenvalue weighted by Gasteiger charge is 2.28. The van der Waals surface area contributed by atoms with Crippen LogP contribution in [0.25, 0.3) is 0 Å². The van der Waals surface area contributed by atoms with Gasteiger partial charge in [-0.05, 0) is 19.4 Å². The summed E-state index contributed by atoms with van der Waals surface area (Å²) in [6.07, 6.45) is 1.29. The first-order valence-electron chi connectivity index (χ1n) is 5.32. The third-order valence-corrected chi connectivity index (χ3v) is 3.00. The van der Waals surface area contributed by atoms with Gasteiger partial charge in [-0.15, -0.1) is 0 Å². The van der Waals surface area contributed by atoms with E-state index in [1.165, 1.54) is 12.1 Å². The minimum Gasteiger partial charge on any atom is -0.336 e. The molecule has 0 radical (unpaired) electrons. The normalized spacial score (nSPS) is 20.6. The number of likely N-dealkylation sites (tertiary alicyclic amines) is 1. The largest absolute Gasteiger partial charge is 0.336 e. The third kappa shape index (κ3) is 1.92. The molecule has 0 spiro atoms. The van der Waals surface area contributed by atoms with Gasteiger partial charge in [0, 0.05) is 24.6 Å². The number of benzene rings is 1. The molecule has 1 aromatic carbocycles. The van der Waals surface area contributed by atoms with Crippen LogP contribution in [0, 0.1) is 11.6 Å². The molecule has 0 bridgehead atoms. The summed E-state index contributed by atoms with van der Waals surface area (Å²) in [6, 6.07) is 4.15.